The van der Waals surface area contributed by atoms with Gasteiger partial charge in [0.15, 0.2) is 6.10 Å². The first-order valence-electron chi connectivity index (χ1n) is 5.12. The summed E-state index contributed by atoms with van der Waals surface area (Å²) < 4.78 is 5.48. The van der Waals surface area contributed by atoms with Crippen LogP contribution in [0.5, 0.6) is 5.75 Å². The Morgan fingerprint density at radius 2 is 2.19 bits per heavy atom. The Hall–Kier alpha value is -1.55. The maximum absolute atomic E-state index is 11.6. The van der Waals surface area contributed by atoms with Crippen LogP contribution in [0.1, 0.15) is 12.5 Å². The van der Waals surface area contributed by atoms with Crippen LogP contribution in [0.3, 0.4) is 0 Å². The summed E-state index contributed by atoms with van der Waals surface area (Å²) in [4.78, 5) is 13.0. The molecule has 0 radical (unpaired) electrons. The second-order valence-electron chi connectivity index (χ2n) is 3.80. The normalized spacial score (nSPS) is 12.0. The average molecular weight is 223 g/mol. The minimum Gasteiger partial charge on any atom is -0.481 e. The van der Waals surface area contributed by atoms with Gasteiger partial charge in [0.25, 0.3) is 5.91 Å². The number of carbonyl (C=O) groups excluding carboxylic acids is 1. The van der Waals surface area contributed by atoms with Crippen molar-refractivity contribution in [2.24, 2.45) is 0 Å². The molecule has 16 heavy (non-hydrogen) atoms. The van der Waals surface area contributed by atoms with E-state index in [1.807, 2.05) is 0 Å². The standard InChI is InChI=1S/C12H17NO3/c1-9(12(15)13(2)3)16-11-6-4-5-10(7-11)8-14/h4-7,9,14H,8H2,1-3H3. The van der Waals surface area contributed by atoms with Crippen LogP contribution in [-0.2, 0) is 11.4 Å². The average Bonchev–Trinajstić information content (AvgIpc) is 2.28. The highest BCUT2D eigenvalue weighted by Crippen LogP contribution is 2.15. The first-order chi connectivity index (χ1) is 7.54. The summed E-state index contributed by atoms with van der Waals surface area (Å²) in [7, 11) is 3.37. The van der Waals surface area contributed by atoms with E-state index in [0.717, 1.165) is 5.56 Å². The maximum atomic E-state index is 11.6. The van der Waals surface area contributed by atoms with Crippen molar-refractivity contribution in [3.63, 3.8) is 0 Å². The van der Waals surface area contributed by atoms with Gasteiger partial charge in [0.2, 0.25) is 0 Å². The van der Waals surface area contributed by atoms with Crippen molar-refractivity contribution < 1.29 is 14.6 Å². The Kier molecular flexibility index (Phi) is 4.31. The first-order valence-corrected chi connectivity index (χ1v) is 5.12. The lowest BCUT2D eigenvalue weighted by atomic mass is 10.2. The Morgan fingerprint density at radius 1 is 1.50 bits per heavy atom. The number of hydrogen-bond donors (Lipinski definition) is 1. The number of aliphatic hydroxyl groups is 1. The number of benzene rings is 1. The number of likely N-dealkylation sites (N-methyl/N-ethyl adjacent to an activating group) is 1. The SMILES string of the molecule is CC(Oc1cccc(CO)c1)C(=O)N(C)C. The molecular formula is C12H17NO3. The van der Waals surface area contributed by atoms with Crippen molar-refractivity contribution in [2.75, 3.05) is 14.1 Å². The fourth-order valence-corrected chi connectivity index (χ4v) is 1.34. The summed E-state index contributed by atoms with van der Waals surface area (Å²) in [6.45, 7) is 1.67. The molecule has 0 bridgehead atoms. The van der Waals surface area contributed by atoms with Crippen LogP contribution in [0.15, 0.2) is 24.3 Å². The van der Waals surface area contributed by atoms with Crippen LogP contribution in [0, 0.1) is 0 Å². The minimum absolute atomic E-state index is 0.0345. The second-order valence-corrected chi connectivity index (χ2v) is 3.80. The zero-order chi connectivity index (χ0) is 12.1. The predicted molar refractivity (Wildman–Crippen MR) is 61.1 cm³/mol. The van der Waals surface area contributed by atoms with Crippen molar-refractivity contribution in [1.29, 1.82) is 0 Å². The van der Waals surface area contributed by atoms with E-state index < -0.39 is 6.10 Å². The van der Waals surface area contributed by atoms with Gasteiger partial charge in [-0.15, -0.1) is 0 Å². The lowest BCUT2D eigenvalue weighted by molar-refractivity contribution is -0.135. The zero-order valence-electron chi connectivity index (χ0n) is 9.80. The van der Waals surface area contributed by atoms with Crippen molar-refractivity contribution in [3.8, 4) is 5.75 Å². The van der Waals surface area contributed by atoms with Gasteiger partial charge < -0.3 is 14.7 Å². The molecule has 0 aliphatic heterocycles. The molecule has 1 unspecified atom stereocenters. The van der Waals surface area contributed by atoms with Crippen molar-refractivity contribution in [1.82, 2.24) is 4.90 Å². The summed E-state index contributed by atoms with van der Waals surface area (Å²) in [5.41, 5.74) is 0.766. The van der Waals surface area contributed by atoms with Gasteiger partial charge in [0, 0.05) is 14.1 Å². The molecule has 0 spiro atoms. The molecule has 1 rings (SSSR count). The Bertz CT molecular complexity index is 363. The molecule has 1 N–H and O–H groups in total. The first kappa shape index (κ1) is 12.5. The molecule has 4 heteroatoms. The van der Waals surface area contributed by atoms with Gasteiger partial charge in [-0.25, -0.2) is 0 Å². The van der Waals surface area contributed by atoms with Crippen LogP contribution >= 0.6 is 0 Å². The Balaban J connectivity index is 2.69. The molecule has 0 saturated heterocycles. The summed E-state index contributed by atoms with van der Waals surface area (Å²) in [6, 6.07) is 7.07. The molecular weight excluding hydrogens is 206 g/mol. The van der Waals surface area contributed by atoms with E-state index in [-0.39, 0.29) is 12.5 Å². The number of nitrogens with zero attached hydrogens (tertiary/aromatic N) is 1. The molecule has 0 aliphatic rings. The van der Waals surface area contributed by atoms with Gasteiger partial charge in [-0.05, 0) is 24.6 Å². The van der Waals surface area contributed by atoms with E-state index in [0.29, 0.717) is 5.75 Å². The van der Waals surface area contributed by atoms with Crippen LogP contribution in [-0.4, -0.2) is 36.1 Å². The highest BCUT2D eigenvalue weighted by molar-refractivity contribution is 5.80. The van der Waals surface area contributed by atoms with Gasteiger partial charge >= 0.3 is 0 Å². The smallest absolute Gasteiger partial charge is 0.262 e. The molecule has 1 aromatic carbocycles. The lowest BCUT2D eigenvalue weighted by Gasteiger charge is -2.18. The largest absolute Gasteiger partial charge is 0.481 e. The van der Waals surface area contributed by atoms with Crippen molar-refractivity contribution >= 4 is 5.91 Å². The van der Waals surface area contributed by atoms with E-state index in [2.05, 4.69) is 0 Å². The topological polar surface area (TPSA) is 49.8 Å². The molecule has 88 valence electrons. The third-order valence-corrected chi connectivity index (χ3v) is 2.18. The highest BCUT2D eigenvalue weighted by atomic mass is 16.5. The van der Waals surface area contributed by atoms with Crippen LogP contribution in [0.25, 0.3) is 0 Å². The maximum Gasteiger partial charge on any atom is 0.262 e. The third kappa shape index (κ3) is 3.24. The highest BCUT2D eigenvalue weighted by Gasteiger charge is 2.16. The van der Waals surface area contributed by atoms with Crippen LogP contribution < -0.4 is 4.74 Å². The molecule has 0 heterocycles. The number of carbonyl (C=O) groups is 1. The van der Waals surface area contributed by atoms with E-state index in [1.165, 1.54) is 4.90 Å². The molecule has 1 amide bonds. The molecule has 0 saturated carbocycles. The van der Waals surface area contributed by atoms with Gasteiger partial charge in [0.05, 0.1) is 6.61 Å². The Labute approximate surface area is 95.5 Å². The molecule has 0 aromatic heterocycles. The summed E-state index contributed by atoms with van der Waals surface area (Å²) in [5.74, 6) is 0.503. The van der Waals surface area contributed by atoms with Crippen LogP contribution in [0.2, 0.25) is 0 Å². The van der Waals surface area contributed by atoms with Gasteiger partial charge in [-0.2, -0.15) is 0 Å². The summed E-state index contributed by atoms with van der Waals surface area (Å²) in [5, 5.41) is 8.96. The number of amides is 1. The summed E-state index contributed by atoms with van der Waals surface area (Å²) >= 11 is 0. The van der Waals surface area contributed by atoms with E-state index in [1.54, 1.807) is 45.3 Å². The number of hydrogen-bond acceptors (Lipinski definition) is 3. The molecule has 1 aromatic rings. The monoisotopic (exact) mass is 223 g/mol. The van der Waals surface area contributed by atoms with E-state index in [4.69, 9.17) is 9.84 Å². The van der Waals surface area contributed by atoms with E-state index >= 15 is 0 Å². The number of rotatable bonds is 4. The lowest BCUT2D eigenvalue weighted by Crippen LogP contribution is -2.35. The third-order valence-electron chi connectivity index (χ3n) is 2.18. The molecule has 0 aliphatic carbocycles. The molecule has 0 fully saturated rings. The fraction of sp³-hybridized carbons (Fsp3) is 0.417. The fourth-order valence-electron chi connectivity index (χ4n) is 1.34. The van der Waals surface area contributed by atoms with Crippen molar-refractivity contribution in [3.05, 3.63) is 29.8 Å². The number of aliphatic hydroxyl groups excluding tert-OH is 1. The minimum atomic E-state index is -0.524. The van der Waals surface area contributed by atoms with Gasteiger partial charge in [-0.3, -0.25) is 4.79 Å². The molecule has 4 nitrogen and oxygen atoms in total. The number of ether oxygens (including phenoxy) is 1. The quantitative estimate of drug-likeness (QED) is 0.829. The van der Waals surface area contributed by atoms with E-state index in [9.17, 15) is 4.79 Å². The zero-order valence-corrected chi connectivity index (χ0v) is 9.80. The Morgan fingerprint density at radius 3 is 2.75 bits per heavy atom. The van der Waals surface area contributed by atoms with Gasteiger partial charge in [0.1, 0.15) is 5.75 Å². The second kappa shape index (κ2) is 5.51. The van der Waals surface area contributed by atoms with Crippen molar-refractivity contribution in [2.45, 2.75) is 19.6 Å². The molecule has 1 atom stereocenters. The van der Waals surface area contributed by atoms with Crippen LogP contribution in [0.4, 0.5) is 0 Å². The predicted octanol–water partition coefficient (Wildman–Crippen LogP) is 1.03. The van der Waals surface area contributed by atoms with Gasteiger partial charge in [-0.1, -0.05) is 12.1 Å². The summed E-state index contributed by atoms with van der Waals surface area (Å²) in [6.07, 6.45) is -0.524.